The number of hydrogen-bond acceptors (Lipinski definition) is 6. The van der Waals surface area contributed by atoms with Crippen LogP contribution in [0.5, 0.6) is 5.75 Å². The summed E-state index contributed by atoms with van der Waals surface area (Å²) in [5.74, 6) is -2.13. The molecule has 11 heteroatoms. The minimum atomic E-state index is -3.70. The number of amides is 1. The Morgan fingerprint density at radius 1 is 1.16 bits per heavy atom. The summed E-state index contributed by atoms with van der Waals surface area (Å²) in [6, 6.07) is 7.75. The maximum absolute atomic E-state index is 14.3. The lowest BCUT2D eigenvalue weighted by Gasteiger charge is -2.06. The number of aromatic nitrogens is 1. The van der Waals surface area contributed by atoms with Gasteiger partial charge in [0.1, 0.15) is 11.6 Å². The summed E-state index contributed by atoms with van der Waals surface area (Å²) in [6.07, 6.45) is -0.357. The number of methoxy groups -OCH3 is 2. The van der Waals surface area contributed by atoms with E-state index >= 15 is 0 Å². The number of halogens is 2. The first-order valence-electron chi connectivity index (χ1n) is 9.17. The molecule has 0 fully saturated rings. The first-order valence-corrected chi connectivity index (χ1v) is 11.6. The van der Waals surface area contributed by atoms with E-state index in [4.69, 9.17) is 9.47 Å². The molecule has 1 aromatic heterocycles. The zero-order valence-corrected chi connectivity index (χ0v) is 18.4. The third-order valence-electron chi connectivity index (χ3n) is 4.44. The van der Waals surface area contributed by atoms with Gasteiger partial charge in [-0.2, -0.15) is 4.99 Å². The van der Waals surface area contributed by atoms with E-state index in [9.17, 15) is 22.0 Å². The molecule has 2 aromatic carbocycles. The van der Waals surface area contributed by atoms with Crippen molar-refractivity contribution >= 4 is 37.3 Å². The van der Waals surface area contributed by atoms with Crippen molar-refractivity contribution in [2.24, 2.45) is 4.99 Å². The highest BCUT2D eigenvalue weighted by Gasteiger charge is 2.18. The maximum atomic E-state index is 14.3. The molecule has 0 saturated carbocycles. The quantitative estimate of drug-likeness (QED) is 0.505. The molecule has 166 valence electrons. The fraction of sp³-hybridized carbons (Fsp3) is 0.300. The molecule has 0 radical (unpaired) electrons. The van der Waals surface area contributed by atoms with Crippen molar-refractivity contribution in [2.75, 3.05) is 26.6 Å². The number of rotatable bonds is 8. The number of carbonyl (C=O) groups excluding carboxylic acids is 1. The van der Waals surface area contributed by atoms with Gasteiger partial charge in [0, 0.05) is 26.1 Å². The van der Waals surface area contributed by atoms with Gasteiger partial charge in [-0.3, -0.25) is 4.79 Å². The van der Waals surface area contributed by atoms with Crippen LogP contribution in [-0.2, 0) is 25.9 Å². The van der Waals surface area contributed by atoms with Gasteiger partial charge in [0.15, 0.2) is 20.5 Å². The monoisotopic (exact) mass is 470 g/mol. The Balaban J connectivity index is 1.86. The van der Waals surface area contributed by atoms with E-state index < -0.39 is 33.1 Å². The lowest BCUT2D eigenvalue weighted by molar-refractivity contribution is -0.117. The van der Waals surface area contributed by atoms with Crippen LogP contribution in [0.3, 0.4) is 0 Å². The molecule has 0 aliphatic carbocycles. The second kappa shape index (κ2) is 9.67. The highest BCUT2D eigenvalue weighted by atomic mass is 32.2. The smallest absolute Gasteiger partial charge is 0.249 e. The van der Waals surface area contributed by atoms with Gasteiger partial charge in [-0.05, 0) is 30.3 Å². The van der Waals surface area contributed by atoms with Crippen molar-refractivity contribution in [1.82, 2.24) is 4.57 Å². The molecular weight excluding hydrogens is 450 g/mol. The summed E-state index contributed by atoms with van der Waals surface area (Å²) in [7, 11) is -0.765. The van der Waals surface area contributed by atoms with Crippen molar-refractivity contribution in [3.05, 3.63) is 52.8 Å². The van der Waals surface area contributed by atoms with E-state index in [2.05, 4.69) is 4.99 Å². The molecule has 3 rings (SSSR count). The standard InChI is InChI=1S/C20H20F2N2O5S2/c1-28-9-8-24-19-16(22)11-13(21)12-17(19)30-20(24)23-18(25)7-10-31(26,27)15-5-3-14(29-2)4-6-15/h3-6,11-12H,7-10H2,1-2H3. The Morgan fingerprint density at radius 2 is 1.87 bits per heavy atom. The average Bonchev–Trinajstić information content (AvgIpc) is 3.07. The van der Waals surface area contributed by atoms with Crippen LogP contribution in [0.1, 0.15) is 6.42 Å². The number of nitrogens with zero attached hydrogens (tertiary/aromatic N) is 2. The Hall–Kier alpha value is -2.63. The zero-order chi connectivity index (χ0) is 22.6. The van der Waals surface area contributed by atoms with Gasteiger partial charge in [0.25, 0.3) is 0 Å². The van der Waals surface area contributed by atoms with E-state index in [0.29, 0.717) is 5.75 Å². The first-order chi connectivity index (χ1) is 14.7. The van der Waals surface area contributed by atoms with Gasteiger partial charge < -0.3 is 14.0 Å². The molecule has 0 bridgehead atoms. The molecule has 0 N–H and O–H groups in total. The summed E-state index contributed by atoms with van der Waals surface area (Å²) in [5, 5.41) is 0. The number of benzene rings is 2. The molecule has 0 aliphatic rings. The number of fused-ring (bicyclic) bond motifs is 1. The summed E-state index contributed by atoms with van der Waals surface area (Å²) in [4.78, 5) is 16.6. The van der Waals surface area contributed by atoms with Gasteiger partial charge in [-0.15, -0.1) is 0 Å². The second-order valence-electron chi connectivity index (χ2n) is 6.51. The Bertz CT molecular complexity index is 1270. The molecule has 0 atom stereocenters. The molecule has 0 spiro atoms. The summed E-state index contributed by atoms with van der Waals surface area (Å²) >= 11 is 0.941. The van der Waals surface area contributed by atoms with E-state index in [1.54, 1.807) is 0 Å². The van der Waals surface area contributed by atoms with E-state index in [-0.39, 0.29) is 39.5 Å². The molecule has 1 heterocycles. The minimum Gasteiger partial charge on any atom is -0.497 e. The third-order valence-corrected chi connectivity index (χ3v) is 7.20. The number of thiazole rings is 1. The van der Waals surface area contributed by atoms with Crippen LogP contribution in [0.4, 0.5) is 8.78 Å². The highest BCUT2D eigenvalue weighted by Crippen LogP contribution is 2.22. The van der Waals surface area contributed by atoms with Gasteiger partial charge in [-0.1, -0.05) is 11.3 Å². The van der Waals surface area contributed by atoms with Crippen LogP contribution in [0.15, 0.2) is 46.3 Å². The van der Waals surface area contributed by atoms with Crippen molar-refractivity contribution in [1.29, 1.82) is 0 Å². The summed E-state index contributed by atoms with van der Waals surface area (Å²) in [5.41, 5.74) is 0.112. The molecule has 0 saturated heterocycles. The molecule has 7 nitrogen and oxygen atoms in total. The van der Waals surface area contributed by atoms with Crippen molar-refractivity contribution in [3.8, 4) is 5.75 Å². The Labute approximate surface area is 181 Å². The van der Waals surface area contributed by atoms with Crippen LogP contribution in [0.2, 0.25) is 0 Å². The van der Waals surface area contributed by atoms with Crippen molar-refractivity contribution < 1.29 is 31.5 Å². The number of carbonyl (C=O) groups is 1. The van der Waals surface area contributed by atoms with Gasteiger partial charge in [-0.25, -0.2) is 17.2 Å². The fourth-order valence-corrected chi connectivity index (χ4v) is 5.23. The average molecular weight is 471 g/mol. The van der Waals surface area contributed by atoms with E-state index in [0.717, 1.165) is 23.5 Å². The first kappa shape index (κ1) is 23.0. The van der Waals surface area contributed by atoms with Gasteiger partial charge >= 0.3 is 0 Å². The SMILES string of the molecule is COCCn1c(=NC(=O)CCS(=O)(=O)c2ccc(OC)cc2)sc2cc(F)cc(F)c21. The second-order valence-corrected chi connectivity index (χ2v) is 9.63. The van der Waals surface area contributed by atoms with E-state index in [1.165, 1.54) is 43.1 Å². The third kappa shape index (κ3) is 5.35. The maximum Gasteiger partial charge on any atom is 0.249 e. The zero-order valence-electron chi connectivity index (χ0n) is 16.8. The molecule has 1 amide bonds. The lowest BCUT2D eigenvalue weighted by atomic mass is 10.3. The predicted octanol–water partition coefficient (Wildman–Crippen LogP) is 2.93. The van der Waals surface area contributed by atoms with Gasteiger partial charge in [0.2, 0.25) is 5.91 Å². The van der Waals surface area contributed by atoms with Crippen molar-refractivity contribution in [3.63, 3.8) is 0 Å². The molecule has 3 aromatic rings. The predicted molar refractivity (Wildman–Crippen MR) is 112 cm³/mol. The molecule has 0 unspecified atom stereocenters. The van der Waals surface area contributed by atoms with Crippen molar-refractivity contribution in [2.45, 2.75) is 17.9 Å². The van der Waals surface area contributed by atoms with Crippen LogP contribution in [0, 0.1) is 11.6 Å². The number of sulfone groups is 1. The van der Waals surface area contributed by atoms with Crippen LogP contribution < -0.4 is 9.54 Å². The van der Waals surface area contributed by atoms with E-state index in [1.807, 2.05) is 0 Å². The number of hydrogen-bond donors (Lipinski definition) is 0. The minimum absolute atomic E-state index is 0.0654. The molecule has 0 aliphatic heterocycles. The van der Waals surface area contributed by atoms with Crippen LogP contribution in [-0.4, -0.2) is 45.5 Å². The Kier molecular flexibility index (Phi) is 7.19. The van der Waals surface area contributed by atoms with Crippen LogP contribution in [0.25, 0.3) is 10.2 Å². The molecule has 31 heavy (non-hydrogen) atoms. The normalized spacial score (nSPS) is 12.5. The molecular formula is C20H20F2N2O5S2. The highest BCUT2D eigenvalue weighted by molar-refractivity contribution is 7.91. The summed E-state index contributed by atoms with van der Waals surface area (Å²) < 4.78 is 64.6. The Morgan fingerprint density at radius 3 is 2.52 bits per heavy atom. The fourth-order valence-electron chi connectivity index (χ4n) is 2.89. The lowest BCUT2D eigenvalue weighted by Crippen LogP contribution is -2.20. The van der Waals surface area contributed by atoms with Gasteiger partial charge in [0.05, 0.1) is 34.6 Å². The topological polar surface area (TPSA) is 87.0 Å². The largest absolute Gasteiger partial charge is 0.497 e. The summed E-state index contributed by atoms with van der Waals surface area (Å²) in [6.45, 7) is 0.408. The number of ether oxygens (including phenoxy) is 2. The van der Waals surface area contributed by atoms with Crippen LogP contribution >= 0.6 is 11.3 Å².